The van der Waals surface area contributed by atoms with Gasteiger partial charge in [-0.25, -0.2) is 4.98 Å². The molecular weight excluding hydrogens is 436 g/mol. The zero-order valence-corrected chi connectivity index (χ0v) is 21.6. The summed E-state index contributed by atoms with van der Waals surface area (Å²) in [5.41, 5.74) is 10.4. The first-order valence-corrected chi connectivity index (χ1v) is 12.7. The van der Waals surface area contributed by atoms with E-state index in [4.69, 9.17) is 10.7 Å². The summed E-state index contributed by atoms with van der Waals surface area (Å²) in [5.74, 6) is 2.98. The summed E-state index contributed by atoms with van der Waals surface area (Å²) in [6, 6.07) is 4.58. The molecule has 1 fully saturated rings. The van der Waals surface area contributed by atoms with Crippen LogP contribution in [0.4, 0.5) is 0 Å². The summed E-state index contributed by atoms with van der Waals surface area (Å²) in [5, 5.41) is 0. The maximum Gasteiger partial charge on any atom is 0.231 e. The number of aromatic amines is 1. The van der Waals surface area contributed by atoms with Gasteiger partial charge in [0.05, 0.1) is 35.6 Å². The van der Waals surface area contributed by atoms with Crippen LogP contribution in [0.3, 0.4) is 0 Å². The Labute approximate surface area is 210 Å². The van der Waals surface area contributed by atoms with Gasteiger partial charge in [0.25, 0.3) is 0 Å². The number of H-pyrrole nitrogens is 1. The molecule has 1 saturated heterocycles. The lowest BCUT2D eigenvalue weighted by Gasteiger charge is -2.32. The Bertz CT molecular complexity index is 1050. The molecule has 3 heterocycles. The number of nitrogens with two attached hydrogens (primary N) is 1. The van der Waals surface area contributed by atoms with Gasteiger partial charge in [-0.2, -0.15) is 0 Å². The van der Waals surface area contributed by atoms with Crippen molar-refractivity contribution >= 4 is 12.0 Å². The maximum absolute atomic E-state index is 13.2. The fourth-order valence-corrected chi connectivity index (χ4v) is 5.11. The molecule has 2 aliphatic rings. The number of carbonyl (C=O) groups is 1. The van der Waals surface area contributed by atoms with E-state index in [0.29, 0.717) is 13.1 Å². The van der Waals surface area contributed by atoms with Gasteiger partial charge in [0.1, 0.15) is 5.82 Å². The average Bonchev–Trinajstić information content (AvgIpc) is 3.25. The molecule has 2 aromatic rings. The first-order valence-electron chi connectivity index (χ1n) is 12.7. The van der Waals surface area contributed by atoms with Crippen LogP contribution >= 0.6 is 0 Å². The Morgan fingerprint density at radius 1 is 1.43 bits per heavy atom. The third kappa shape index (κ3) is 6.59. The molecule has 1 aliphatic heterocycles. The molecule has 188 valence electrons. The van der Waals surface area contributed by atoms with Gasteiger partial charge in [-0.1, -0.05) is 12.1 Å². The fraction of sp³-hybridized carbons (Fsp3) is 0.536. The van der Waals surface area contributed by atoms with Crippen LogP contribution in [-0.4, -0.2) is 56.8 Å². The summed E-state index contributed by atoms with van der Waals surface area (Å²) in [6.07, 6.45) is 15.8. The van der Waals surface area contributed by atoms with Crippen molar-refractivity contribution < 1.29 is 4.79 Å². The van der Waals surface area contributed by atoms with E-state index in [1.54, 1.807) is 6.92 Å². The summed E-state index contributed by atoms with van der Waals surface area (Å²) in [7, 11) is 2.13. The molecule has 0 radical (unpaired) electrons. The summed E-state index contributed by atoms with van der Waals surface area (Å²) < 4.78 is 0. The van der Waals surface area contributed by atoms with Gasteiger partial charge in [0, 0.05) is 25.3 Å². The monoisotopic (exact) mass is 476 g/mol. The molecule has 0 aromatic carbocycles. The smallest absolute Gasteiger partial charge is 0.231 e. The standard InChI is InChI=1S/C25H36N6O.C3H4/c1-4-8-20-23(17(2)25(32)31-14-7-11-19(26)15-31)29-22(28-20)16-30(3)21-12-5-9-18-10-6-13-27-24(18)21;1-3-2/h4,6,8,10,13,17,19,21H,5,7,9,11-12,14-16,26H2,1-3H3,(H,28,29);1H,2H3/b8-4-;. The third-order valence-corrected chi connectivity index (χ3v) is 6.80. The molecular formula is C28H40N6O. The van der Waals surface area contributed by atoms with E-state index in [1.807, 2.05) is 43.2 Å². The van der Waals surface area contributed by atoms with Crippen molar-refractivity contribution in [3.8, 4) is 12.3 Å². The number of hydrogen-bond donors (Lipinski definition) is 2. The molecule has 4 rings (SSSR count). The number of rotatable bonds is 6. The molecule has 7 nitrogen and oxygen atoms in total. The average molecular weight is 477 g/mol. The van der Waals surface area contributed by atoms with Crippen molar-refractivity contribution in [2.45, 2.75) is 77.4 Å². The molecule has 3 unspecified atom stereocenters. The second-order valence-corrected chi connectivity index (χ2v) is 9.55. The first-order chi connectivity index (χ1) is 16.9. The van der Waals surface area contributed by atoms with Crippen molar-refractivity contribution in [3.63, 3.8) is 0 Å². The Kier molecular flexibility index (Phi) is 9.64. The number of imidazole rings is 1. The van der Waals surface area contributed by atoms with Crippen LogP contribution in [0, 0.1) is 12.3 Å². The Hall–Kier alpha value is -2.95. The number of pyridine rings is 1. The number of terminal acetylenes is 1. The molecule has 0 spiro atoms. The van der Waals surface area contributed by atoms with E-state index in [2.05, 4.69) is 40.3 Å². The number of carbonyl (C=O) groups excluding carboxylic acids is 1. The minimum absolute atomic E-state index is 0.0767. The molecule has 1 amide bonds. The van der Waals surface area contributed by atoms with E-state index in [0.717, 1.165) is 49.4 Å². The highest BCUT2D eigenvalue weighted by Gasteiger charge is 2.30. The van der Waals surface area contributed by atoms with Crippen LogP contribution in [0.2, 0.25) is 0 Å². The zero-order chi connectivity index (χ0) is 25.4. The molecule has 3 atom stereocenters. The minimum Gasteiger partial charge on any atom is -0.344 e. The van der Waals surface area contributed by atoms with Crippen LogP contribution in [0.1, 0.15) is 86.9 Å². The summed E-state index contributed by atoms with van der Waals surface area (Å²) in [4.78, 5) is 30.5. The third-order valence-electron chi connectivity index (χ3n) is 6.80. The number of aromatic nitrogens is 3. The predicted molar refractivity (Wildman–Crippen MR) is 141 cm³/mol. The largest absolute Gasteiger partial charge is 0.344 e. The number of nitrogens with one attached hydrogen (secondary N) is 1. The van der Waals surface area contributed by atoms with Gasteiger partial charge in [0.2, 0.25) is 5.91 Å². The number of fused-ring (bicyclic) bond motifs is 1. The first kappa shape index (κ1) is 26.7. The lowest BCUT2D eigenvalue weighted by atomic mass is 9.91. The Balaban J connectivity index is 0.00000108. The van der Waals surface area contributed by atoms with Crippen LogP contribution in [-0.2, 0) is 17.8 Å². The van der Waals surface area contributed by atoms with E-state index < -0.39 is 0 Å². The molecule has 7 heteroatoms. The number of aryl methyl sites for hydroxylation is 1. The summed E-state index contributed by atoms with van der Waals surface area (Å²) in [6.45, 7) is 7.71. The topological polar surface area (TPSA) is 91.1 Å². The molecule has 2 aromatic heterocycles. The van der Waals surface area contributed by atoms with Crippen molar-refractivity contribution in [3.05, 3.63) is 52.9 Å². The highest BCUT2D eigenvalue weighted by Crippen LogP contribution is 2.33. The van der Waals surface area contributed by atoms with E-state index in [1.165, 1.54) is 17.7 Å². The van der Waals surface area contributed by atoms with Crippen molar-refractivity contribution in [1.29, 1.82) is 0 Å². The molecule has 0 saturated carbocycles. The zero-order valence-electron chi connectivity index (χ0n) is 21.6. The van der Waals surface area contributed by atoms with Gasteiger partial charge >= 0.3 is 0 Å². The molecule has 35 heavy (non-hydrogen) atoms. The van der Waals surface area contributed by atoms with Gasteiger partial charge < -0.3 is 15.6 Å². The molecule has 0 bridgehead atoms. The number of likely N-dealkylation sites (tertiary alicyclic amines) is 1. The fourth-order valence-electron chi connectivity index (χ4n) is 5.11. The van der Waals surface area contributed by atoms with Crippen molar-refractivity contribution in [2.24, 2.45) is 5.73 Å². The van der Waals surface area contributed by atoms with Crippen LogP contribution in [0.5, 0.6) is 0 Å². The van der Waals surface area contributed by atoms with Crippen LogP contribution in [0.15, 0.2) is 24.4 Å². The minimum atomic E-state index is -0.282. The Morgan fingerprint density at radius 3 is 2.91 bits per heavy atom. The van der Waals surface area contributed by atoms with Crippen LogP contribution in [0.25, 0.3) is 6.08 Å². The number of hydrogen-bond acceptors (Lipinski definition) is 5. The predicted octanol–water partition coefficient (Wildman–Crippen LogP) is 4.04. The Morgan fingerprint density at radius 2 is 2.20 bits per heavy atom. The number of nitrogens with zero attached hydrogens (tertiary/aromatic N) is 4. The SMILES string of the molecule is C#CC.C/C=C\c1nc(CN(C)C2CCCc3cccnc32)[nH]c1C(C)C(=O)N1CCCC(N)C1. The highest BCUT2D eigenvalue weighted by molar-refractivity contribution is 5.84. The van der Waals surface area contributed by atoms with Gasteiger partial charge in [-0.15, -0.1) is 12.3 Å². The van der Waals surface area contributed by atoms with Crippen LogP contribution < -0.4 is 5.73 Å². The van der Waals surface area contributed by atoms with E-state index in [-0.39, 0.29) is 23.9 Å². The molecule has 1 aliphatic carbocycles. The van der Waals surface area contributed by atoms with E-state index >= 15 is 0 Å². The van der Waals surface area contributed by atoms with Crippen molar-refractivity contribution in [1.82, 2.24) is 24.8 Å². The quantitative estimate of drug-likeness (QED) is 0.614. The lowest BCUT2D eigenvalue weighted by molar-refractivity contribution is -0.133. The highest BCUT2D eigenvalue weighted by atomic mass is 16.2. The number of amides is 1. The molecule has 3 N–H and O–H groups in total. The maximum atomic E-state index is 13.2. The summed E-state index contributed by atoms with van der Waals surface area (Å²) >= 11 is 0. The second-order valence-electron chi connectivity index (χ2n) is 9.55. The van der Waals surface area contributed by atoms with Gasteiger partial charge in [0.15, 0.2) is 0 Å². The second kappa shape index (κ2) is 12.7. The normalized spacial score (nSPS) is 20.7. The van der Waals surface area contributed by atoms with Gasteiger partial charge in [-0.05, 0) is 77.6 Å². The van der Waals surface area contributed by atoms with Crippen molar-refractivity contribution in [2.75, 3.05) is 20.1 Å². The lowest BCUT2D eigenvalue weighted by Crippen LogP contribution is -2.47. The van der Waals surface area contributed by atoms with Gasteiger partial charge in [-0.3, -0.25) is 14.7 Å². The number of piperidine rings is 1. The van der Waals surface area contributed by atoms with E-state index in [9.17, 15) is 4.79 Å². The number of allylic oxidation sites excluding steroid dienone is 1.